The molecule has 4 nitrogen and oxygen atoms in total. The van der Waals surface area contributed by atoms with Crippen LogP contribution in [0.3, 0.4) is 0 Å². The number of aliphatic hydroxyl groups is 1. The van der Waals surface area contributed by atoms with E-state index >= 15 is 0 Å². The lowest BCUT2D eigenvalue weighted by molar-refractivity contribution is 0.167. The fourth-order valence-corrected chi connectivity index (χ4v) is 2.20. The van der Waals surface area contributed by atoms with Crippen molar-refractivity contribution in [1.29, 1.82) is 0 Å². The van der Waals surface area contributed by atoms with E-state index in [0.29, 0.717) is 6.61 Å². The average Bonchev–Trinajstić information content (AvgIpc) is 2.12. The Morgan fingerprint density at radius 3 is 2.57 bits per heavy atom. The maximum absolute atomic E-state index is 9.12. The second kappa shape index (κ2) is 8.49. The minimum atomic E-state index is -0.0860. The van der Waals surface area contributed by atoms with Crippen LogP contribution in [-0.4, -0.2) is 68.0 Å². The third-order valence-electron chi connectivity index (χ3n) is 1.89. The van der Waals surface area contributed by atoms with Crippen molar-refractivity contribution in [3.63, 3.8) is 0 Å². The van der Waals surface area contributed by atoms with Gasteiger partial charge in [0.2, 0.25) is 0 Å². The molecule has 0 aromatic carbocycles. The quantitative estimate of drug-likeness (QED) is 0.586. The molecule has 14 heavy (non-hydrogen) atoms. The van der Waals surface area contributed by atoms with Gasteiger partial charge in [0, 0.05) is 30.7 Å². The van der Waals surface area contributed by atoms with Gasteiger partial charge in [-0.25, -0.2) is 0 Å². The molecule has 0 spiro atoms. The van der Waals surface area contributed by atoms with Crippen LogP contribution >= 0.6 is 11.8 Å². The maximum Gasteiger partial charge on any atom is 0.0625 e. The zero-order valence-electron chi connectivity index (χ0n) is 9.27. The summed E-state index contributed by atoms with van der Waals surface area (Å²) >= 11 is 1.70. The highest BCUT2D eigenvalue weighted by Gasteiger charge is 2.16. The molecule has 86 valence electrons. The molecule has 0 fully saturated rings. The number of thioether (sulfide) groups is 1. The molecule has 0 amide bonds. The lowest BCUT2D eigenvalue weighted by atomic mass is 10.2. The molecule has 0 bridgehead atoms. The average molecular weight is 222 g/mol. The molecular weight excluding hydrogens is 200 g/mol. The third-order valence-corrected chi connectivity index (χ3v) is 3.23. The maximum atomic E-state index is 9.12. The summed E-state index contributed by atoms with van der Waals surface area (Å²) in [6, 6.07) is -0.0860. The number of aliphatic hydroxyl groups excluding tert-OH is 1. The van der Waals surface area contributed by atoms with Gasteiger partial charge in [-0.2, -0.15) is 11.8 Å². The lowest BCUT2D eigenvalue weighted by Gasteiger charge is -2.21. The summed E-state index contributed by atoms with van der Waals surface area (Å²) in [4.78, 5) is 2.11. The molecule has 0 aromatic heterocycles. The number of nitrogens with two attached hydrogens (primary N) is 1. The van der Waals surface area contributed by atoms with Crippen LogP contribution in [0.2, 0.25) is 0 Å². The predicted octanol–water partition coefficient (Wildman–Crippen LogP) is -0.384. The van der Waals surface area contributed by atoms with Crippen molar-refractivity contribution in [1.82, 2.24) is 4.90 Å². The van der Waals surface area contributed by atoms with Crippen molar-refractivity contribution in [2.24, 2.45) is 5.73 Å². The molecule has 0 radical (unpaired) electrons. The predicted molar refractivity (Wildman–Crippen MR) is 61.7 cm³/mol. The van der Waals surface area contributed by atoms with Crippen LogP contribution in [0, 0.1) is 0 Å². The molecule has 0 saturated heterocycles. The number of ether oxygens (including phenoxy) is 1. The van der Waals surface area contributed by atoms with Crippen molar-refractivity contribution in [2.75, 3.05) is 46.7 Å². The Labute approximate surface area is 90.8 Å². The molecule has 0 aromatic rings. The lowest BCUT2D eigenvalue weighted by Crippen LogP contribution is -2.39. The minimum Gasteiger partial charge on any atom is -0.395 e. The number of hydrogen-bond donors (Lipinski definition) is 2. The van der Waals surface area contributed by atoms with Crippen LogP contribution in [0.4, 0.5) is 0 Å². The van der Waals surface area contributed by atoms with Gasteiger partial charge in [0.25, 0.3) is 0 Å². The van der Waals surface area contributed by atoms with Gasteiger partial charge in [-0.1, -0.05) is 0 Å². The van der Waals surface area contributed by atoms with Crippen LogP contribution < -0.4 is 5.73 Å². The Morgan fingerprint density at radius 2 is 2.14 bits per heavy atom. The van der Waals surface area contributed by atoms with Gasteiger partial charge in [0.1, 0.15) is 0 Å². The van der Waals surface area contributed by atoms with Crippen molar-refractivity contribution >= 4 is 11.8 Å². The minimum absolute atomic E-state index is 0.0786. The van der Waals surface area contributed by atoms with Crippen LogP contribution in [0.5, 0.6) is 0 Å². The third kappa shape index (κ3) is 6.62. The summed E-state index contributed by atoms with van der Waals surface area (Å²) in [5.74, 6) is 0.982. The van der Waals surface area contributed by atoms with Crippen LogP contribution in [0.25, 0.3) is 0 Å². The number of rotatable bonds is 8. The Bertz CT molecular complexity index is 136. The molecule has 0 rings (SSSR count). The molecule has 3 N–H and O–H groups in total. The van der Waals surface area contributed by atoms with E-state index in [2.05, 4.69) is 4.90 Å². The Morgan fingerprint density at radius 1 is 1.50 bits per heavy atom. The summed E-state index contributed by atoms with van der Waals surface area (Å²) in [6.07, 6.45) is 0. The van der Waals surface area contributed by atoms with E-state index in [1.807, 2.05) is 14.1 Å². The first kappa shape index (κ1) is 14.2. The molecule has 2 atom stereocenters. The second-order valence-corrected chi connectivity index (χ2v) is 4.86. The number of methoxy groups -OCH3 is 1. The molecule has 0 heterocycles. The molecular formula is C9H22N2O2S. The Hall–Kier alpha value is 0.190. The second-order valence-electron chi connectivity index (χ2n) is 3.51. The number of nitrogens with zero attached hydrogens (tertiary/aromatic N) is 1. The summed E-state index contributed by atoms with van der Waals surface area (Å²) in [6.45, 7) is 1.61. The van der Waals surface area contributed by atoms with Gasteiger partial charge in [-0.3, -0.25) is 0 Å². The van der Waals surface area contributed by atoms with E-state index < -0.39 is 0 Å². The smallest absolute Gasteiger partial charge is 0.0625 e. The van der Waals surface area contributed by atoms with Crippen LogP contribution in [0.15, 0.2) is 0 Å². The highest BCUT2D eigenvalue weighted by Crippen LogP contribution is 2.13. The number of hydrogen-bond acceptors (Lipinski definition) is 5. The van der Waals surface area contributed by atoms with E-state index in [0.717, 1.165) is 12.3 Å². The first-order valence-electron chi connectivity index (χ1n) is 4.73. The molecule has 2 unspecified atom stereocenters. The van der Waals surface area contributed by atoms with Crippen molar-refractivity contribution in [3.8, 4) is 0 Å². The first-order valence-corrected chi connectivity index (χ1v) is 5.78. The van der Waals surface area contributed by atoms with Gasteiger partial charge in [-0.15, -0.1) is 0 Å². The molecule has 0 aliphatic heterocycles. The fourth-order valence-electron chi connectivity index (χ4n) is 0.998. The van der Waals surface area contributed by atoms with Gasteiger partial charge in [0.15, 0.2) is 0 Å². The Balaban J connectivity index is 3.66. The van der Waals surface area contributed by atoms with Gasteiger partial charge in [-0.05, 0) is 14.1 Å². The van der Waals surface area contributed by atoms with Crippen molar-refractivity contribution in [2.45, 2.75) is 11.3 Å². The van der Waals surface area contributed by atoms with Crippen molar-refractivity contribution in [3.05, 3.63) is 0 Å². The highest BCUT2D eigenvalue weighted by atomic mass is 32.2. The largest absolute Gasteiger partial charge is 0.395 e. The summed E-state index contributed by atoms with van der Waals surface area (Å²) in [5, 5.41) is 9.20. The Kier molecular flexibility index (Phi) is 8.61. The summed E-state index contributed by atoms with van der Waals surface area (Å²) in [7, 11) is 5.69. The van der Waals surface area contributed by atoms with E-state index in [1.165, 1.54) is 0 Å². The van der Waals surface area contributed by atoms with Crippen LogP contribution in [-0.2, 0) is 4.74 Å². The van der Waals surface area contributed by atoms with E-state index in [-0.39, 0.29) is 17.9 Å². The van der Waals surface area contributed by atoms with Gasteiger partial charge >= 0.3 is 0 Å². The molecule has 0 saturated carbocycles. The zero-order valence-corrected chi connectivity index (χ0v) is 10.1. The van der Waals surface area contributed by atoms with Gasteiger partial charge < -0.3 is 20.5 Å². The van der Waals surface area contributed by atoms with Crippen LogP contribution in [0.1, 0.15) is 0 Å². The van der Waals surface area contributed by atoms with Gasteiger partial charge in [0.05, 0.1) is 13.2 Å². The molecule has 0 aliphatic carbocycles. The van der Waals surface area contributed by atoms with E-state index in [9.17, 15) is 0 Å². The van der Waals surface area contributed by atoms with E-state index in [4.69, 9.17) is 15.6 Å². The summed E-state index contributed by atoms with van der Waals surface area (Å²) in [5.41, 5.74) is 5.84. The first-order chi connectivity index (χ1) is 6.61. The molecule has 0 aliphatic rings. The fraction of sp³-hybridized carbons (Fsp3) is 1.00. The highest BCUT2D eigenvalue weighted by molar-refractivity contribution is 8.00. The van der Waals surface area contributed by atoms with E-state index in [1.54, 1.807) is 18.9 Å². The molecule has 5 heteroatoms. The SMILES string of the molecule is COCC(N)C(CO)SCCN(C)C. The zero-order chi connectivity index (χ0) is 11.0. The monoisotopic (exact) mass is 222 g/mol. The standard InChI is InChI=1S/C9H22N2O2S/c1-11(2)4-5-14-9(6-12)8(10)7-13-3/h8-9,12H,4-7,10H2,1-3H3. The van der Waals surface area contributed by atoms with Crippen molar-refractivity contribution < 1.29 is 9.84 Å². The summed E-state index contributed by atoms with van der Waals surface area (Å²) < 4.78 is 4.95. The normalized spacial score (nSPS) is 15.9. The topological polar surface area (TPSA) is 58.7 Å².